The van der Waals surface area contributed by atoms with Gasteiger partial charge in [-0.25, -0.2) is 9.78 Å². The van der Waals surface area contributed by atoms with Gasteiger partial charge in [-0.2, -0.15) is 0 Å². The Morgan fingerprint density at radius 3 is 2.31 bits per heavy atom. The number of hydrogen-bond donors (Lipinski definition) is 0. The third-order valence-electron chi connectivity index (χ3n) is 5.84. The van der Waals surface area contributed by atoms with Gasteiger partial charge in [0.1, 0.15) is 5.82 Å². The highest BCUT2D eigenvalue weighted by Crippen LogP contribution is 2.15. The van der Waals surface area contributed by atoms with Crippen molar-refractivity contribution < 1.29 is 14.3 Å². The van der Waals surface area contributed by atoms with Gasteiger partial charge in [0.15, 0.2) is 6.61 Å². The first-order valence-corrected chi connectivity index (χ1v) is 11.1. The molecule has 1 aliphatic heterocycles. The van der Waals surface area contributed by atoms with Gasteiger partial charge >= 0.3 is 5.97 Å². The number of aromatic nitrogens is 2. The second-order valence-corrected chi connectivity index (χ2v) is 8.09. The van der Waals surface area contributed by atoms with Crippen molar-refractivity contribution in [3.63, 3.8) is 0 Å². The van der Waals surface area contributed by atoms with Gasteiger partial charge in [-0.05, 0) is 56.2 Å². The van der Waals surface area contributed by atoms with E-state index in [-0.39, 0.29) is 18.1 Å². The molecule has 0 unspecified atom stereocenters. The lowest BCUT2D eigenvalue weighted by molar-refractivity contribution is -0.134. The normalized spacial score (nSPS) is 14.6. The van der Waals surface area contributed by atoms with Crippen LogP contribution in [-0.4, -0.2) is 46.0 Å². The number of rotatable bonds is 4. The lowest BCUT2D eigenvalue weighted by Gasteiger charge is -2.24. The minimum Gasteiger partial charge on any atom is -0.452 e. The zero-order valence-electron chi connectivity index (χ0n) is 18.3. The van der Waals surface area contributed by atoms with Gasteiger partial charge in [0.05, 0.1) is 22.2 Å². The van der Waals surface area contributed by atoms with E-state index >= 15 is 0 Å². The van der Waals surface area contributed by atoms with Crippen LogP contribution >= 0.6 is 0 Å². The van der Waals surface area contributed by atoms with E-state index in [9.17, 15) is 14.4 Å². The Bertz CT molecular complexity index is 1180. The van der Waals surface area contributed by atoms with Crippen molar-refractivity contribution >= 4 is 22.8 Å². The van der Waals surface area contributed by atoms with Crippen LogP contribution in [-0.2, 0) is 9.53 Å². The van der Waals surface area contributed by atoms with Crippen LogP contribution < -0.4 is 5.56 Å². The largest absolute Gasteiger partial charge is 0.452 e. The Kier molecular flexibility index (Phi) is 6.63. The van der Waals surface area contributed by atoms with Gasteiger partial charge in [0, 0.05) is 13.1 Å². The molecule has 1 aliphatic rings. The van der Waals surface area contributed by atoms with Gasteiger partial charge in [0.2, 0.25) is 0 Å². The molecular formula is C25H27N3O4. The first-order chi connectivity index (χ1) is 15.5. The number of carbonyl (C=O) groups excluding carboxylic acids is 2. The Hall–Kier alpha value is -3.48. The van der Waals surface area contributed by atoms with Crippen molar-refractivity contribution in [3.05, 3.63) is 70.3 Å². The van der Waals surface area contributed by atoms with E-state index in [0.717, 1.165) is 38.8 Å². The molecule has 1 saturated heterocycles. The summed E-state index contributed by atoms with van der Waals surface area (Å²) in [4.78, 5) is 44.1. The number of esters is 1. The van der Waals surface area contributed by atoms with Crippen molar-refractivity contribution in [3.8, 4) is 5.69 Å². The molecule has 2 aromatic carbocycles. The molecule has 1 amide bonds. The molecule has 0 radical (unpaired) electrons. The fourth-order valence-electron chi connectivity index (χ4n) is 4.09. The van der Waals surface area contributed by atoms with Crippen LogP contribution in [0.15, 0.2) is 53.3 Å². The summed E-state index contributed by atoms with van der Waals surface area (Å²) in [5, 5.41) is 0.532. The summed E-state index contributed by atoms with van der Waals surface area (Å²) in [6.07, 6.45) is 5.46. The molecule has 1 aromatic heterocycles. The number of hydrogen-bond acceptors (Lipinski definition) is 5. The molecule has 0 spiro atoms. The smallest absolute Gasteiger partial charge is 0.338 e. The molecule has 166 valence electrons. The molecule has 0 atom stereocenters. The zero-order chi connectivity index (χ0) is 22.5. The molecule has 0 bridgehead atoms. The van der Waals surface area contributed by atoms with Crippen LogP contribution in [0.3, 0.4) is 0 Å². The molecule has 32 heavy (non-hydrogen) atoms. The van der Waals surface area contributed by atoms with E-state index in [0.29, 0.717) is 28.0 Å². The summed E-state index contributed by atoms with van der Waals surface area (Å²) in [5.41, 5.74) is 1.42. The lowest BCUT2D eigenvalue weighted by atomic mass is 10.1. The van der Waals surface area contributed by atoms with Crippen LogP contribution in [0.5, 0.6) is 0 Å². The van der Waals surface area contributed by atoms with E-state index in [4.69, 9.17) is 4.74 Å². The van der Waals surface area contributed by atoms with Crippen LogP contribution in [0, 0.1) is 6.92 Å². The highest BCUT2D eigenvalue weighted by atomic mass is 16.5. The number of ether oxygens (including phenoxy) is 1. The topological polar surface area (TPSA) is 81.5 Å². The molecule has 7 heteroatoms. The number of benzene rings is 2. The molecule has 4 rings (SSSR count). The minimum atomic E-state index is -0.558. The van der Waals surface area contributed by atoms with Crippen LogP contribution in [0.4, 0.5) is 0 Å². The zero-order valence-corrected chi connectivity index (χ0v) is 18.3. The quantitative estimate of drug-likeness (QED) is 0.587. The molecule has 3 aromatic rings. The number of fused-ring (bicyclic) bond motifs is 1. The number of para-hydroxylation sites is 1. The molecule has 1 fully saturated rings. The average molecular weight is 434 g/mol. The second-order valence-electron chi connectivity index (χ2n) is 8.09. The first kappa shape index (κ1) is 21.7. The SMILES string of the molecule is Cc1nc2ccccc2c(=O)n1-c1ccc(C(=O)OCC(=O)N2CCCCCCC2)cc1. The lowest BCUT2D eigenvalue weighted by Crippen LogP contribution is -2.36. The summed E-state index contributed by atoms with van der Waals surface area (Å²) in [6, 6.07) is 13.8. The molecule has 0 N–H and O–H groups in total. The third-order valence-corrected chi connectivity index (χ3v) is 5.84. The van der Waals surface area contributed by atoms with Crippen LogP contribution in [0.1, 0.15) is 48.3 Å². The highest BCUT2D eigenvalue weighted by Gasteiger charge is 2.18. The predicted molar refractivity (Wildman–Crippen MR) is 122 cm³/mol. The number of nitrogens with zero attached hydrogens (tertiary/aromatic N) is 3. The van der Waals surface area contributed by atoms with Crippen molar-refractivity contribution in [2.75, 3.05) is 19.7 Å². The minimum absolute atomic E-state index is 0.152. The van der Waals surface area contributed by atoms with Gasteiger partial charge in [-0.15, -0.1) is 0 Å². The standard InChI is InChI=1S/C25H27N3O4/c1-18-26-22-10-6-5-9-21(22)24(30)28(18)20-13-11-19(12-14-20)25(31)32-17-23(29)27-15-7-3-2-4-8-16-27/h5-6,9-14H,2-4,7-8,15-17H2,1H3. The van der Waals surface area contributed by atoms with Gasteiger partial charge < -0.3 is 9.64 Å². The molecular weight excluding hydrogens is 406 g/mol. The first-order valence-electron chi connectivity index (χ1n) is 11.1. The highest BCUT2D eigenvalue weighted by molar-refractivity contribution is 5.91. The maximum absolute atomic E-state index is 12.9. The maximum Gasteiger partial charge on any atom is 0.338 e. The van der Waals surface area contributed by atoms with Crippen molar-refractivity contribution in [2.24, 2.45) is 0 Å². The fourth-order valence-corrected chi connectivity index (χ4v) is 4.09. The second kappa shape index (κ2) is 9.77. The summed E-state index contributed by atoms with van der Waals surface area (Å²) in [6.45, 7) is 2.96. The number of likely N-dealkylation sites (tertiary alicyclic amines) is 1. The Labute approximate surface area is 186 Å². The number of carbonyl (C=O) groups is 2. The predicted octanol–water partition coefficient (Wildman–Crippen LogP) is 3.64. The van der Waals surface area contributed by atoms with Gasteiger partial charge in [-0.3, -0.25) is 14.2 Å². The third kappa shape index (κ3) is 4.72. The summed E-state index contributed by atoms with van der Waals surface area (Å²) in [7, 11) is 0. The summed E-state index contributed by atoms with van der Waals surface area (Å²) < 4.78 is 6.77. The van der Waals surface area contributed by atoms with Gasteiger partial charge in [-0.1, -0.05) is 31.4 Å². The van der Waals surface area contributed by atoms with E-state index < -0.39 is 5.97 Å². The Morgan fingerprint density at radius 2 is 1.59 bits per heavy atom. The summed E-state index contributed by atoms with van der Waals surface area (Å²) in [5.74, 6) is -0.151. The van der Waals surface area contributed by atoms with E-state index in [2.05, 4.69) is 4.98 Å². The van der Waals surface area contributed by atoms with Crippen LogP contribution in [0.25, 0.3) is 16.6 Å². The fraction of sp³-hybridized carbons (Fsp3) is 0.360. The Morgan fingerprint density at radius 1 is 0.938 bits per heavy atom. The van der Waals surface area contributed by atoms with Crippen molar-refractivity contribution in [2.45, 2.75) is 39.0 Å². The average Bonchev–Trinajstić information content (AvgIpc) is 2.77. The van der Waals surface area contributed by atoms with E-state index in [1.54, 1.807) is 48.2 Å². The summed E-state index contributed by atoms with van der Waals surface area (Å²) >= 11 is 0. The number of amides is 1. The molecule has 7 nitrogen and oxygen atoms in total. The van der Waals surface area contributed by atoms with E-state index in [1.165, 1.54) is 11.0 Å². The van der Waals surface area contributed by atoms with Crippen LogP contribution in [0.2, 0.25) is 0 Å². The molecule has 0 aliphatic carbocycles. The molecule has 2 heterocycles. The maximum atomic E-state index is 12.9. The molecule has 0 saturated carbocycles. The van der Waals surface area contributed by atoms with Crippen molar-refractivity contribution in [1.29, 1.82) is 0 Å². The monoisotopic (exact) mass is 433 g/mol. The number of aryl methyl sites for hydroxylation is 1. The Balaban J connectivity index is 1.45. The van der Waals surface area contributed by atoms with Gasteiger partial charge in [0.25, 0.3) is 11.5 Å². The van der Waals surface area contributed by atoms with Crippen molar-refractivity contribution in [1.82, 2.24) is 14.5 Å². The van der Waals surface area contributed by atoms with E-state index in [1.807, 2.05) is 12.1 Å².